The lowest BCUT2D eigenvalue weighted by atomic mass is 10.2. The van der Waals surface area contributed by atoms with Crippen LogP contribution in [0.2, 0.25) is 0 Å². The van der Waals surface area contributed by atoms with Crippen molar-refractivity contribution in [3.05, 3.63) is 22.4 Å². The first kappa shape index (κ1) is 11.2. The molecule has 1 aromatic rings. The molecule has 3 rings (SSSR count). The third kappa shape index (κ3) is 2.53. The van der Waals surface area contributed by atoms with Gasteiger partial charge in [0.15, 0.2) is 0 Å². The van der Waals surface area contributed by atoms with Crippen LogP contribution in [0.4, 0.5) is 0 Å². The SMILES string of the molecule is O=C(c1cccs1)N(CC1CCCN1)C1CC1. The van der Waals surface area contributed by atoms with Crippen LogP contribution in [0.1, 0.15) is 35.4 Å². The van der Waals surface area contributed by atoms with Gasteiger partial charge in [0.1, 0.15) is 0 Å². The van der Waals surface area contributed by atoms with Crippen molar-refractivity contribution in [2.24, 2.45) is 0 Å². The van der Waals surface area contributed by atoms with Gasteiger partial charge in [0, 0.05) is 18.6 Å². The molecule has 92 valence electrons. The summed E-state index contributed by atoms with van der Waals surface area (Å²) in [4.78, 5) is 15.4. The van der Waals surface area contributed by atoms with Gasteiger partial charge in [0.05, 0.1) is 4.88 Å². The highest BCUT2D eigenvalue weighted by molar-refractivity contribution is 7.12. The van der Waals surface area contributed by atoms with Crippen LogP contribution in [0.3, 0.4) is 0 Å². The van der Waals surface area contributed by atoms with Crippen LogP contribution in [0, 0.1) is 0 Å². The zero-order chi connectivity index (χ0) is 11.7. The second kappa shape index (κ2) is 4.78. The molecule has 1 aliphatic heterocycles. The van der Waals surface area contributed by atoms with Crippen molar-refractivity contribution in [2.75, 3.05) is 13.1 Å². The highest BCUT2D eigenvalue weighted by Gasteiger charge is 2.35. The molecule has 2 heterocycles. The standard InChI is InChI=1S/C13H18N2OS/c16-13(12-4-2-8-17-12)15(11-5-6-11)9-10-3-1-7-14-10/h2,4,8,10-11,14H,1,3,5-7,9H2. The number of carbonyl (C=O) groups is 1. The van der Waals surface area contributed by atoms with Gasteiger partial charge in [0.25, 0.3) is 5.91 Å². The van der Waals surface area contributed by atoms with Gasteiger partial charge in [-0.25, -0.2) is 0 Å². The van der Waals surface area contributed by atoms with Gasteiger partial charge in [0.2, 0.25) is 0 Å². The largest absolute Gasteiger partial charge is 0.333 e. The maximum Gasteiger partial charge on any atom is 0.264 e. The van der Waals surface area contributed by atoms with Gasteiger partial charge in [-0.1, -0.05) is 6.07 Å². The third-order valence-electron chi connectivity index (χ3n) is 3.56. The third-order valence-corrected chi connectivity index (χ3v) is 4.42. The zero-order valence-electron chi connectivity index (χ0n) is 9.89. The lowest BCUT2D eigenvalue weighted by molar-refractivity contribution is 0.0733. The number of amides is 1. The molecule has 1 atom stereocenters. The lowest BCUT2D eigenvalue weighted by Crippen LogP contribution is -2.42. The molecule has 1 saturated heterocycles. The van der Waals surface area contributed by atoms with Crippen molar-refractivity contribution in [3.8, 4) is 0 Å². The summed E-state index contributed by atoms with van der Waals surface area (Å²) in [7, 11) is 0. The van der Waals surface area contributed by atoms with Crippen LogP contribution in [0.25, 0.3) is 0 Å². The quantitative estimate of drug-likeness (QED) is 0.887. The summed E-state index contributed by atoms with van der Waals surface area (Å²) in [6.07, 6.45) is 4.82. The average Bonchev–Trinajstić information content (AvgIpc) is 2.86. The van der Waals surface area contributed by atoms with Gasteiger partial charge in [-0.3, -0.25) is 4.79 Å². The van der Waals surface area contributed by atoms with E-state index in [0.29, 0.717) is 12.1 Å². The Bertz CT molecular complexity index is 380. The Morgan fingerprint density at radius 1 is 1.47 bits per heavy atom. The van der Waals surface area contributed by atoms with Crippen molar-refractivity contribution in [1.29, 1.82) is 0 Å². The molecular weight excluding hydrogens is 232 g/mol. The van der Waals surface area contributed by atoms with E-state index in [9.17, 15) is 4.79 Å². The number of hydrogen-bond acceptors (Lipinski definition) is 3. The summed E-state index contributed by atoms with van der Waals surface area (Å²) < 4.78 is 0. The van der Waals surface area contributed by atoms with E-state index in [1.54, 1.807) is 11.3 Å². The molecule has 1 amide bonds. The van der Waals surface area contributed by atoms with E-state index in [-0.39, 0.29) is 5.91 Å². The molecule has 1 N–H and O–H groups in total. The molecule has 1 saturated carbocycles. The fraction of sp³-hybridized carbons (Fsp3) is 0.615. The first-order valence-electron chi connectivity index (χ1n) is 6.42. The Balaban J connectivity index is 1.69. The molecule has 0 radical (unpaired) electrons. The summed E-state index contributed by atoms with van der Waals surface area (Å²) >= 11 is 1.55. The van der Waals surface area contributed by atoms with E-state index in [1.165, 1.54) is 25.7 Å². The second-order valence-corrected chi connectivity index (χ2v) is 5.91. The van der Waals surface area contributed by atoms with Crippen LogP contribution < -0.4 is 5.32 Å². The maximum atomic E-state index is 12.4. The summed E-state index contributed by atoms with van der Waals surface area (Å²) in [5.41, 5.74) is 0. The van der Waals surface area contributed by atoms with Gasteiger partial charge >= 0.3 is 0 Å². The summed E-state index contributed by atoms with van der Waals surface area (Å²) in [5.74, 6) is 0.233. The highest BCUT2D eigenvalue weighted by atomic mass is 32.1. The molecule has 17 heavy (non-hydrogen) atoms. The zero-order valence-corrected chi connectivity index (χ0v) is 10.7. The Hall–Kier alpha value is -0.870. The topological polar surface area (TPSA) is 32.3 Å². The van der Waals surface area contributed by atoms with Gasteiger partial charge in [-0.05, 0) is 43.7 Å². The normalized spacial score (nSPS) is 23.9. The van der Waals surface area contributed by atoms with Crippen LogP contribution in [-0.2, 0) is 0 Å². The molecule has 0 spiro atoms. The first-order chi connectivity index (χ1) is 8.34. The predicted molar refractivity (Wildman–Crippen MR) is 69.4 cm³/mol. The van der Waals surface area contributed by atoms with Crippen molar-refractivity contribution in [1.82, 2.24) is 10.2 Å². The molecule has 0 aromatic carbocycles. The average molecular weight is 250 g/mol. The van der Waals surface area contributed by atoms with E-state index >= 15 is 0 Å². The molecule has 1 aromatic heterocycles. The molecular formula is C13H18N2OS. The molecule has 1 aliphatic carbocycles. The number of carbonyl (C=O) groups excluding carboxylic acids is 1. The minimum atomic E-state index is 0.233. The smallest absolute Gasteiger partial charge is 0.264 e. The Morgan fingerprint density at radius 3 is 2.94 bits per heavy atom. The van der Waals surface area contributed by atoms with E-state index in [2.05, 4.69) is 10.2 Å². The van der Waals surface area contributed by atoms with Gasteiger partial charge in [-0.2, -0.15) is 0 Å². The number of rotatable bonds is 4. The summed E-state index contributed by atoms with van der Waals surface area (Å²) in [5, 5.41) is 5.46. The monoisotopic (exact) mass is 250 g/mol. The Labute approximate surface area is 106 Å². The number of thiophene rings is 1. The Kier molecular flexibility index (Phi) is 3.16. The summed E-state index contributed by atoms with van der Waals surface area (Å²) in [6, 6.07) is 4.91. The number of hydrogen-bond donors (Lipinski definition) is 1. The van der Waals surface area contributed by atoms with Crippen LogP contribution in [-0.4, -0.2) is 36.0 Å². The highest BCUT2D eigenvalue weighted by Crippen LogP contribution is 2.29. The molecule has 1 unspecified atom stereocenters. The van der Waals surface area contributed by atoms with Crippen LogP contribution in [0.5, 0.6) is 0 Å². The first-order valence-corrected chi connectivity index (χ1v) is 7.30. The van der Waals surface area contributed by atoms with Crippen molar-refractivity contribution < 1.29 is 4.79 Å². The molecule has 2 fully saturated rings. The maximum absolute atomic E-state index is 12.4. The predicted octanol–water partition coefficient (Wildman–Crippen LogP) is 2.10. The van der Waals surface area contributed by atoms with Gasteiger partial charge < -0.3 is 10.2 Å². The molecule has 2 aliphatic rings. The van der Waals surface area contributed by atoms with Crippen molar-refractivity contribution in [3.63, 3.8) is 0 Å². The lowest BCUT2D eigenvalue weighted by Gasteiger charge is -2.25. The van der Waals surface area contributed by atoms with Crippen molar-refractivity contribution in [2.45, 2.75) is 37.8 Å². The van der Waals surface area contributed by atoms with Crippen molar-refractivity contribution >= 4 is 17.2 Å². The minimum absolute atomic E-state index is 0.233. The van der Waals surface area contributed by atoms with E-state index in [4.69, 9.17) is 0 Å². The van der Waals surface area contributed by atoms with E-state index in [1.807, 2.05) is 17.5 Å². The fourth-order valence-corrected chi connectivity index (χ4v) is 3.15. The fourth-order valence-electron chi connectivity index (χ4n) is 2.48. The number of nitrogens with one attached hydrogen (secondary N) is 1. The Morgan fingerprint density at radius 2 is 2.35 bits per heavy atom. The van der Waals surface area contributed by atoms with E-state index < -0.39 is 0 Å². The summed E-state index contributed by atoms with van der Waals surface area (Å²) in [6.45, 7) is 2.00. The molecule has 4 heteroatoms. The van der Waals surface area contributed by atoms with Crippen LogP contribution in [0.15, 0.2) is 17.5 Å². The molecule has 0 bridgehead atoms. The minimum Gasteiger partial charge on any atom is -0.333 e. The second-order valence-electron chi connectivity index (χ2n) is 4.96. The van der Waals surface area contributed by atoms with Crippen LogP contribution >= 0.6 is 11.3 Å². The molecule has 3 nitrogen and oxygen atoms in total. The van der Waals surface area contributed by atoms with Gasteiger partial charge in [-0.15, -0.1) is 11.3 Å². The van der Waals surface area contributed by atoms with E-state index in [0.717, 1.165) is 18.0 Å². The number of nitrogens with zero attached hydrogens (tertiary/aromatic N) is 1.